The van der Waals surface area contributed by atoms with Crippen LogP contribution in [0.2, 0.25) is 0 Å². The van der Waals surface area contributed by atoms with Crippen LogP contribution in [-0.2, 0) is 9.59 Å². The molecule has 2 atom stereocenters. The van der Waals surface area contributed by atoms with E-state index in [9.17, 15) is 19.2 Å². The summed E-state index contributed by atoms with van der Waals surface area (Å²) in [6, 6.07) is 6.66. The molecule has 0 saturated carbocycles. The van der Waals surface area contributed by atoms with Crippen molar-refractivity contribution in [3.63, 3.8) is 0 Å². The number of amides is 1. The van der Waals surface area contributed by atoms with E-state index in [1.807, 2.05) is 6.07 Å². The Bertz CT molecular complexity index is 1530. The Morgan fingerprint density at radius 2 is 0.704 bits per heavy atom. The van der Waals surface area contributed by atoms with Gasteiger partial charge in [-0.1, -0.05) is 259 Å². The molecule has 0 spiro atoms. The fourth-order valence-electron chi connectivity index (χ4n) is 9.11. The molecule has 412 valence electrons. The third-order valence-electron chi connectivity index (χ3n) is 13.7. The Morgan fingerprint density at radius 1 is 0.437 bits per heavy atom. The lowest BCUT2D eigenvalue weighted by atomic mass is 9.93. The molecule has 2 aromatic heterocycles. The summed E-state index contributed by atoms with van der Waals surface area (Å²) in [6.07, 6.45) is 55.0. The van der Waals surface area contributed by atoms with Gasteiger partial charge in [0, 0.05) is 6.54 Å². The van der Waals surface area contributed by atoms with Gasteiger partial charge in [-0.05, 0) is 100 Å². The number of hydrogen-bond donors (Lipinski definition) is 3. The first-order chi connectivity index (χ1) is 34.5. The highest BCUT2D eigenvalue weighted by Crippen LogP contribution is 2.25. The van der Waals surface area contributed by atoms with Crippen molar-refractivity contribution in [2.45, 2.75) is 285 Å². The van der Waals surface area contributed by atoms with Crippen molar-refractivity contribution in [1.29, 1.82) is 0 Å². The molecular weight excluding hydrogens is 1050 g/mol. The molecule has 11 heteroatoms. The van der Waals surface area contributed by atoms with E-state index in [2.05, 4.69) is 64.9 Å². The van der Waals surface area contributed by atoms with Gasteiger partial charge in [0.1, 0.15) is 0 Å². The summed E-state index contributed by atoms with van der Waals surface area (Å²) in [5, 5.41) is 11.2. The number of ketones is 2. The SMILES string of the molecule is CCCCCCCCCCCCC(CCCCCCCCCC)CNC(=O)C(=O)c1ccc(Br)s1.CCCCCCCCCCCCC(CN)CCCCCCCCCC.O=C(O)C(=O)c1ccc(Br)s1. The van der Waals surface area contributed by atoms with Crippen molar-refractivity contribution < 1.29 is 24.3 Å². The molecule has 0 fully saturated rings. The Kier molecular flexibility index (Phi) is 51.0. The highest BCUT2D eigenvalue weighted by Gasteiger charge is 2.20. The van der Waals surface area contributed by atoms with E-state index >= 15 is 0 Å². The largest absolute Gasteiger partial charge is 0.475 e. The maximum Gasteiger partial charge on any atom is 0.378 e. The molecule has 0 aliphatic rings. The highest BCUT2D eigenvalue weighted by atomic mass is 79.9. The number of rotatable bonds is 47. The summed E-state index contributed by atoms with van der Waals surface area (Å²) in [5.41, 5.74) is 5.99. The van der Waals surface area contributed by atoms with Gasteiger partial charge < -0.3 is 16.2 Å². The zero-order valence-corrected chi connectivity index (χ0v) is 50.7. The number of aliphatic carboxylic acids is 1. The fourth-order valence-corrected chi connectivity index (χ4v) is 11.8. The van der Waals surface area contributed by atoms with Gasteiger partial charge in [-0.3, -0.25) is 14.4 Å². The van der Waals surface area contributed by atoms with Gasteiger partial charge in [-0.15, -0.1) is 22.7 Å². The zero-order valence-electron chi connectivity index (χ0n) is 45.9. The normalized spacial score (nSPS) is 11.9. The first-order valence-corrected chi connectivity index (χ1v) is 32.6. The Balaban J connectivity index is 0.00000117. The molecule has 0 aromatic carbocycles. The first-order valence-electron chi connectivity index (χ1n) is 29.3. The Morgan fingerprint density at radius 3 is 0.958 bits per heavy atom. The van der Waals surface area contributed by atoms with E-state index in [0.717, 1.165) is 44.2 Å². The number of carboxylic acid groups (broad SMARTS) is 1. The first kappa shape index (κ1) is 69.6. The Hall–Kier alpha value is -1.40. The molecule has 0 aliphatic carbocycles. The number of carbonyl (C=O) groups excluding carboxylic acids is 3. The van der Waals surface area contributed by atoms with Crippen LogP contribution in [0.1, 0.15) is 304 Å². The minimum Gasteiger partial charge on any atom is -0.475 e. The molecule has 1 amide bonds. The maximum absolute atomic E-state index is 12.4. The summed E-state index contributed by atoms with van der Waals surface area (Å²) in [5.74, 6) is -1.86. The minimum absolute atomic E-state index is 0.240. The number of carbonyl (C=O) groups is 4. The molecule has 2 rings (SSSR count). The van der Waals surface area contributed by atoms with E-state index in [1.165, 1.54) is 261 Å². The van der Waals surface area contributed by atoms with Gasteiger partial charge in [0.15, 0.2) is 0 Å². The molecule has 2 unspecified atom stereocenters. The topological polar surface area (TPSA) is 127 Å². The monoisotopic (exact) mass is 1160 g/mol. The predicted octanol–water partition coefficient (Wildman–Crippen LogP) is 20.4. The summed E-state index contributed by atoms with van der Waals surface area (Å²) in [6.45, 7) is 10.7. The van der Waals surface area contributed by atoms with Gasteiger partial charge in [0.25, 0.3) is 17.5 Å². The van der Waals surface area contributed by atoms with Crippen LogP contribution < -0.4 is 11.1 Å². The number of nitrogens with two attached hydrogens (primary N) is 1. The van der Waals surface area contributed by atoms with Crippen LogP contribution >= 0.6 is 54.5 Å². The standard InChI is InChI=1S/C30H52BrNO2S.C24H51N.C6H3BrO3S/c1-3-5-7-9-11-13-14-16-18-20-22-26(21-19-17-15-12-10-8-6-4-2)25-32-30(34)29(33)27-23-24-28(31)35-27;1-3-5-7-9-11-13-14-16-18-20-22-24(23-25)21-19-17-15-12-10-8-6-4-2;7-4-2-1-3(11-4)5(8)6(9)10/h23-24,26H,3-22,25H2,1-2H3,(H,32,34);24H,3-23,25H2,1-2H3;1-2H,(H,9,10). The molecule has 0 saturated heterocycles. The number of thiophene rings is 2. The van der Waals surface area contributed by atoms with E-state index in [0.29, 0.717) is 17.3 Å². The predicted molar refractivity (Wildman–Crippen MR) is 317 cm³/mol. The molecule has 71 heavy (non-hydrogen) atoms. The molecule has 4 N–H and O–H groups in total. The quantitative estimate of drug-likeness (QED) is 0.0344. The average Bonchev–Trinajstić information content (AvgIpc) is 4.02. The number of halogens is 2. The molecule has 2 heterocycles. The average molecular weight is 1160 g/mol. The zero-order chi connectivity index (χ0) is 52.4. The summed E-state index contributed by atoms with van der Waals surface area (Å²) in [7, 11) is 0. The van der Waals surface area contributed by atoms with Crippen LogP contribution in [0.5, 0.6) is 0 Å². The number of Topliss-reactive ketones (excluding diaryl/α,β-unsaturated/α-hetero) is 2. The van der Waals surface area contributed by atoms with E-state index in [1.54, 1.807) is 12.1 Å². The summed E-state index contributed by atoms with van der Waals surface area (Å²) < 4.78 is 1.63. The maximum atomic E-state index is 12.4. The van der Waals surface area contributed by atoms with Gasteiger partial charge in [-0.2, -0.15) is 0 Å². The van der Waals surface area contributed by atoms with Crippen molar-refractivity contribution >= 4 is 78.0 Å². The summed E-state index contributed by atoms with van der Waals surface area (Å²) in [4.78, 5) is 46.5. The lowest BCUT2D eigenvalue weighted by molar-refractivity contribution is -0.131. The summed E-state index contributed by atoms with van der Waals surface area (Å²) >= 11 is 8.92. The number of hydrogen-bond acceptors (Lipinski definition) is 7. The van der Waals surface area contributed by atoms with Crippen LogP contribution in [0.4, 0.5) is 0 Å². The van der Waals surface area contributed by atoms with Gasteiger partial charge in [0.2, 0.25) is 0 Å². The van der Waals surface area contributed by atoms with Crippen molar-refractivity contribution in [2.75, 3.05) is 13.1 Å². The fraction of sp³-hybridized carbons (Fsp3) is 0.800. The third kappa shape index (κ3) is 43.5. The number of unbranched alkanes of at least 4 members (excludes halogenated alkanes) is 32. The molecule has 7 nitrogen and oxygen atoms in total. The molecule has 2 aromatic rings. The van der Waals surface area contributed by atoms with E-state index in [-0.39, 0.29) is 4.88 Å². The lowest BCUT2D eigenvalue weighted by Crippen LogP contribution is -2.34. The third-order valence-corrected chi connectivity index (χ3v) is 17.0. The van der Waals surface area contributed by atoms with E-state index in [4.69, 9.17) is 10.8 Å². The van der Waals surface area contributed by atoms with Crippen LogP contribution in [0, 0.1) is 11.8 Å². The second-order valence-electron chi connectivity index (χ2n) is 20.3. The molecular formula is C60H106Br2N2O5S2. The van der Waals surface area contributed by atoms with E-state index < -0.39 is 23.4 Å². The van der Waals surface area contributed by atoms with Crippen molar-refractivity contribution in [3.8, 4) is 0 Å². The highest BCUT2D eigenvalue weighted by molar-refractivity contribution is 9.11. The number of nitrogens with one attached hydrogen (secondary N) is 1. The van der Waals surface area contributed by atoms with Crippen molar-refractivity contribution in [2.24, 2.45) is 17.6 Å². The van der Waals surface area contributed by atoms with Gasteiger partial charge in [-0.25, -0.2) is 4.79 Å². The van der Waals surface area contributed by atoms with Crippen molar-refractivity contribution in [1.82, 2.24) is 5.32 Å². The number of carboxylic acids is 1. The smallest absolute Gasteiger partial charge is 0.378 e. The van der Waals surface area contributed by atoms with Crippen LogP contribution in [0.3, 0.4) is 0 Å². The second kappa shape index (κ2) is 52.1. The second-order valence-corrected chi connectivity index (χ2v) is 25.2. The van der Waals surface area contributed by atoms with Gasteiger partial charge >= 0.3 is 5.97 Å². The molecule has 0 bridgehead atoms. The van der Waals surface area contributed by atoms with Crippen LogP contribution in [0.15, 0.2) is 31.8 Å². The van der Waals surface area contributed by atoms with Gasteiger partial charge in [0.05, 0.1) is 17.3 Å². The molecule has 0 aliphatic heterocycles. The van der Waals surface area contributed by atoms with Crippen molar-refractivity contribution in [3.05, 3.63) is 41.6 Å². The van der Waals surface area contributed by atoms with Crippen LogP contribution in [-0.4, -0.2) is 41.6 Å². The lowest BCUT2D eigenvalue weighted by Gasteiger charge is -2.17. The Labute approximate surface area is 461 Å². The minimum atomic E-state index is -1.42. The van der Waals surface area contributed by atoms with Crippen LogP contribution in [0.25, 0.3) is 0 Å². The molecule has 0 radical (unpaired) electrons.